The lowest BCUT2D eigenvalue weighted by Gasteiger charge is -2.24. The fourth-order valence-electron chi connectivity index (χ4n) is 2.36. The van der Waals surface area contributed by atoms with Gasteiger partial charge in [-0.25, -0.2) is 0 Å². The van der Waals surface area contributed by atoms with E-state index in [0.717, 1.165) is 18.3 Å². The van der Waals surface area contributed by atoms with Gasteiger partial charge in [0.1, 0.15) is 0 Å². The molecule has 1 heterocycles. The molecular weight excluding hydrogens is 266 g/mol. The van der Waals surface area contributed by atoms with Gasteiger partial charge < -0.3 is 4.90 Å². The Labute approximate surface area is 108 Å². The molecule has 3 heteroatoms. The highest BCUT2D eigenvalue weighted by Crippen LogP contribution is 2.23. The summed E-state index contributed by atoms with van der Waals surface area (Å²) < 4.78 is 0. The minimum absolute atomic E-state index is 0.354. The standard InChI is InChI=1S/C13H24BrNO/c1-3-4-5-6-7-11(2)15-10-12(9-14)8-13(15)16/h11-12H,3-10H2,1-2H3. The number of amides is 1. The van der Waals surface area contributed by atoms with Gasteiger partial charge in [0, 0.05) is 24.3 Å². The molecule has 16 heavy (non-hydrogen) atoms. The van der Waals surface area contributed by atoms with E-state index in [0.29, 0.717) is 17.9 Å². The minimum atomic E-state index is 0.354. The number of halogens is 1. The highest BCUT2D eigenvalue weighted by molar-refractivity contribution is 9.09. The van der Waals surface area contributed by atoms with Crippen molar-refractivity contribution in [1.82, 2.24) is 4.90 Å². The average Bonchev–Trinajstić information content (AvgIpc) is 2.66. The highest BCUT2D eigenvalue weighted by Gasteiger charge is 2.31. The van der Waals surface area contributed by atoms with E-state index in [9.17, 15) is 4.79 Å². The van der Waals surface area contributed by atoms with Gasteiger partial charge in [-0.05, 0) is 19.3 Å². The first-order chi connectivity index (χ1) is 7.69. The van der Waals surface area contributed by atoms with Crippen LogP contribution in [0.5, 0.6) is 0 Å². The zero-order valence-corrected chi connectivity index (χ0v) is 12.1. The van der Waals surface area contributed by atoms with Gasteiger partial charge in [-0.2, -0.15) is 0 Å². The molecule has 0 aromatic carbocycles. The molecule has 0 aromatic rings. The van der Waals surface area contributed by atoms with Crippen molar-refractivity contribution in [3.63, 3.8) is 0 Å². The first kappa shape index (κ1) is 14.0. The topological polar surface area (TPSA) is 20.3 Å². The summed E-state index contributed by atoms with van der Waals surface area (Å²) in [6, 6.07) is 0.438. The van der Waals surface area contributed by atoms with Crippen molar-refractivity contribution >= 4 is 21.8 Å². The lowest BCUT2D eigenvalue weighted by Crippen LogP contribution is -2.34. The van der Waals surface area contributed by atoms with Crippen LogP contribution in [0.4, 0.5) is 0 Å². The molecule has 1 rings (SSSR count). The minimum Gasteiger partial charge on any atom is -0.340 e. The van der Waals surface area contributed by atoms with Crippen LogP contribution in [0.3, 0.4) is 0 Å². The number of carbonyl (C=O) groups is 1. The second-order valence-electron chi connectivity index (χ2n) is 4.97. The van der Waals surface area contributed by atoms with Gasteiger partial charge in [-0.3, -0.25) is 4.79 Å². The smallest absolute Gasteiger partial charge is 0.223 e. The van der Waals surface area contributed by atoms with Crippen LogP contribution in [-0.4, -0.2) is 28.7 Å². The lowest BCUT2D eigenvalue weighted by molar-refractivity contribution is -0.129. The van der Waals surface area contributed by atoms with Crippen LogP contribution in [0.25, 0.3) is 0 Å². The van der Waals surface area contributed by atoms with Crippen molar-refractivity contribution in [3.05, 3.63) is 0 Å². The largest absolute Gasteiger partial charge is 0.340 e. The fourth-order valence-corrected chi connectivity index (χ4v) is 2.79. The molecule has 94 valence electrons. The molecule has 0 radical (unpaired) electrons. The molecule has 1 aliphatic heterocycles. The summed E-state index contributed by atoms with van der Waals surface area (Å²) >= 11 is 3.47. The summed E-state index contributed by atoms with van der Waals surface area (Å²) in [6.45, 7) is 5.38. The number of unbranched alkanes of at least 4 members (excludes halogenated alkanes) is 3. The molecule has 1 amide bonds. The second kappa shape index (κ2) is 7.31. The highest BCUT2D eigenvalue weighted by atomic mass is 79.9. The maximum absolute atomic E-state index is 11.8. The molecule has 0 N–H and O–H groups in total. The molecule has 2 unspecified atom stereocenters. The predicted molar refractivity (Wildman–Crippen MR) is 71.8 cm³/mol. The molecule has 2 atom stereocenters. The third-order valence-electron chi connectivity index (χ3n) is 3.46. The Kier molecular flexibility index (Phi) is 6.40. The van der Waals surface area contributed by atoms with Crippen molar-refractivity contribution in [2.75, 3.05) is 11.9 Å². The summed E-state index contributed by atoms with van der Waals surface area (Å²) in [5.41, 5.74) is 0. The SMILES string of the molecule is CCCCCCC(C)N1CC(CBr)CC1=O. The van der Waals surface area contributed by atoms with Crippen LogP contribution < -0.4 is 0 Å². The molecule has 0 spiro atoms. The summed E-state index contributed by atoms with van der Waals surface area (Å²) in [7, 11) is 0. The van der Waals surface area contributed by atoms with Gasteiger partial charge >= 0.3 is 0 Å². The zero-order valence-electron chi connectivity index (χ0n) is 10.5. The normalized spacial score (nSPS) is 22.8. The van der Waals surface area contributed by atoms with E-state index in [2.05, 4.69) is 34.7 Å². The number of carbonyl (C=O) groups excluding carboxylic acids is 1. The fraction of sp³-hybridized carbons (Fsp3) is 0.923. The van der Waals surface area contributed by atoms with Gasteiger partial charge in [0.25, 0.3) is 0 Å². The Bertz CT molecular complexity index is 220. The van der Waals surface area contributed by atoms with Gasteiger partial charge in [0.15, 0.2) is 0 Å². The summed E-state index contributed by atoms with van der Waals surface area (Å²) in [5, 5.41) is 0.956. The molecule has 0 bridgehead atoms. The monoisotopic (exact) mass is 289 g/mol. The lowest BCUT2D eigenvalue weighted by atomic mass is 10.1. The van der Waals surface area contributed by atoms with Crippen molar-refractivity contribution in [2.45, 2.75) is 58.4 Å². The Morgan fingerprint density at radius 3 is 2.75 bits per heavy atom. The van der Waals surface area contributed by atoms with Crippen molar-refractivity contribution < 1.29 is 4.79 Å². The third kappa shape index (κ3) is 4.08. The molecule has 0 aromatic heterocycles. The van der Waals surface area contributed by atoms with E-state index in [1.54, 1.807) is 0 Å². The first-order valence-corrected chi connectivity index (χ1v) is 7.66. The van der Waals surface area contributed by atoms with Gasteiger partial charge in [0.2, 0.25) is 5.91 Å². The number of likely N-dealkylation sites (tertiary alicyclic amines) is 1. The van der Waals surface area contributed by atoms with Gasteiger partial charge in [-0.1, -0.05) is 48.5 Å². The molecule has 2 nitrogen and oxygen atoms in total. The Morgan fingerprint density at radius 1 is 1.44 bits per heavy atom. The number of nitrogens with zero attached hydrogens (tertiary/aromatic N) is 1. The Balaban J connectivity index is 2.25. The van der Waals surface area contributed by atoms with Gasteiger partial charge in [-0.15, -0.1) is 0 Å². The summed E-state index contributed by atoms with van der Waals surface area (Å²) in [4.78, 5) is 13.9. The molecule has 0 saturated carbocycles. The number of rotatable bonds is 7. The predicted octanol–water partition coefficient (Wildman–Crippen LogP) is 3.59. The van der Waals surface area contributed by atoms with Crippen LogP contribution in [0.15, 0.2) is 0 Å². The van der Waals surface area contributed by atoms with E-state index >= 15 is 0 Å². The van der Waals surface area contributed by atoms with E-state index in [4.69, 9.17) is 0 Å². The first-order valence-electron chi connectivity index (χ1n) is 6.54. The Hall–Kier alpha value is -0.0500. The maximum atomic E-state index is 11.8. The van der Waals surface area contributed by atoms with Crippen LogP contribution >= 0.6 is 15.9 Å². The molecule has 0 aliphatic carbocycles. The van der Waals surface area contributed by atoms with E-state index in [1.165, 1.54) is 32.1 Å². The summed E-state index contributed by atoms with van der Waals surface area (Å²) in [6.07, 6.45) is 7.08. The number of alkyl halides is 1. The molecule has 1 saturated heterocycles. The number of hydrogen-bond acceptors (Lipinski definition) is 1. The van der Waals surface area contributed by atoms with Crippen LogP contribution in [0.2, 0.25) is 0 Å². The summed E-state index contributed by atoms with van der Waals surface area (Å²) in [5.74, 6) is 0.887. The van der Waals surface area contributed by atoms with E-state index < -0.39 is 0 Å². The third-order valence-corrected chi connectivity index (χ3v) is 4.38. The molecular formula is C13H24BrNO. The number of hydrogen-bond donors (Lipinski definition) is 0. The zero-order chi connectivity index (χ0) is 12.0. The van der Waals surface area contributed by atoms with Crippen molar-refractivity contribution in [3.8, 4) is 0 Å². The quantitative estimate of drug-likeness (QED) is 0.518. The van der Waals surface area contributed by atoms with Crippen LogP contribution in [0, 0.1) is 5.92 Å². The van der Waals surface area contributed by atoms with E-state index in [1.807, 2.05) is 0 Å². The Morgan fingerprint density at radius 2 is 2.19 bits per heavy atom. The second-order valence-corrected chi connectivity index (χ2v) is 5.62. The molecule has 1 fully saturated rings. The van der Waals surface area contributed by atoms with Crippen molar-refractivity contribution in [1.29, 1.82) is 0 Å². The van der Waals surface area contributed by atoms with Crippen molar-refractivity contribution in [2.24, 2.45) is 5.92 Å². The molecule has 1 aliphatic rings. The van der Waals surface area contributed by atoms with Crippen LogP contribution in [0.1, 0.15) is 52.4 Å². The average molecular weight is 290 g/mol. The van der Waals surface area contributed by atoms with Crippen LogP contribution in [-0.2, 0) is 4.79 Å². The van der Waals surface area contributed by atoms with E-state index in [-0.39, 0.29) is 0 Å². The van der Waals surface area contributed by atoms with Gasteiger partial charge in [0.05, 0.1) is 0 Å². The maximum Gasteiger partial charge on any atom is 0.223 e.